The minimum atomic E-state index is 0.0407. The molecule has 0 aliphatic heterocycles. The summed E-state index contributed by atoms with van der Waals surface area (Å²) in [5.74, 6) is 0. The van der Waals surface area contributed by atoms with Crippen LogP contribution in [0, 0.1) is 0 Å². The van der Waals surface area contributed by atoms with Crippen molar-refractivity contribution in [2.45, 2.75) is 56.8 Å². The fourth-order valence-electron chi connectivity index (χ4n) is 5.10. The van der Waals surface area contributed by atoms with Crippen molar-refractivity contribution in [2.75, 3.05) is 0 Å². The molecule has 2 aromatic rings. The third-order valence-corrected chi connectivity index (χ3v) is 5.70. The van der Waals surface area contributed by atoms with Crippen LogP contribution in [-0.4, -0.2) is 0 Å². The van der Waals surface area contributed by atoms with Gasteiger partial charge < -0.3 is 0 Å². The van der Waals surface area contributed by atoms with Gasteiger partial charge in [-0.3, -0.25) is 0 Å². The van der Waals surface area contributed by atoms with Crippen LogP contribution in [0.2, 0.25) is 0 Å². The first-order chi connectivity index (χ1) is 10.7. The first-order valence-corrected chi connectivity index (χ1v) is 7.89. The Kier molecular flexibility index (Phi) is 2.00. The summed E-state index contributed by atoms with van der Waals surface area (Å²) in [5, 5.41) is 0. The number of fused-ring (bicyclic) bond motifs is 4. The third-order valence-electron chi connectivity index (χ3n) is 5.70. The molecule has 21 heavy (non-hydrogen) atoms. The SMILES string of the molecule is [2H]c1ccc2c(c1)C(C)(C)CC21CC(C)(C)c2cc([2H])ccc21. The minimum absolute atomic E-state index is 0.0407. The van der Waals surface area contributed by atoms with E-state index < -0.39 is 0 Å². The standard InChI is InChI=1S/C21H24/c1-19(2)13-21(17-11-7-5-9-15(17)19)14-20(3,4)16-10-6-8-12-18(16)21/h5-12H,13-14H2,1-4H3/i5D,6D. The second-order valence-corrected chi connectivity index (χ2v) is 8.15. The Morgan fingerprint density at radius 2 is 1.14 bits per heavy atom. The predicted molar refractivity (Wildman–Crippen MR) is 89.0 cm³/mol. The molecule has 0 saturated carbocycles. The molecule has 1 spiro atoms. The molecule has 0 heteroatoms. The van der Waals surface area contributed by atoms with E-state index in [2.05, 4.69) is 52.0 Å². The molecule has 0 radical (unpaired) electrons. The minimum Gasteiger partial charge on any atom is -0.0620 e. The van der Waals surface area contributed by atoms with Crippen molar-refractivity contribution in [3.05, 3.63) is 70.7 Å². The summed E-state index contributed by atoms with van der Waals surface area (Å²) < 4.78 is 16.1. The van der Waals surface area contributed by atoms with Crippen LogP contribution in [0.1, 0.15) is 65.5 Å². The summed E-state index contributed by atoms with van der Waals surface area (Å²) >= 11 is 0. The van der Waals surface area contributed by atoms with Crippen LogP contribution in [-0.2, 0) is 16.2 Å². The molecule has 2 aliphatic rings. The van der Waals surface area contributed by atoms with Gasteiger partial charge >= 0.3 is 0 Å². The Morgan fingerprint density at radius 3 is 1.57 bits per heavy atom. The smallest absolute Gasteiger partial charge is 0.0620 e. The molecule has 0 aromatic heterocycles. The maximum atomic E-state index is 8.03. The molecule has 2 aromatic carbocycles. The molecule has 0 heterocycles. The largest absolute Gasteiger partial charge is 0.0623 e. The van der Waals surface area contributed by atoms with Gasteiger partial charge in [-0.2, -0.15) is 0 Å². The highest BCUT2D eigenvalue weighted by Crippen LogP contribution is 2.62. The zero-order valence-corrected chi connectivity index (χ0v) is 13.4. The molecule has 4 rings (SSSR count). The fourth-order valence-corrected chi connectivity index (χ4v) is 5.10. The number of hydrogen-bond acceptors (Lipinski definition) is 0. The summed E-state index contributed by atoms with van der Waals surface area (Å²) in [4.78, 5) is 0. The second-order valence-electron chi connectivity index (χ2n) is 8.15. The Hall–Kier alpha value is -1.56. The molecule has 108 valence electrons. The van der Waals surface area contributed by atoms with Crippen LogP contribution in [0.5, 0.6) is 0 Å². The zero-order chi connectivity index (χ0) is 16.6. The molecular formula is C21H24. The number of rotatable bonds is 0. The van der Waals surface area contributed by atoms with Gasteiger partial charge in [0.2, 0.25) is 0 Å². The Labute approximate surface area is 131 Å². The number of benzene rings is 2. The van der Waals surface area contributed by atoms with Gasteiger partial charge in [-0.05, 0) is 45.9 Å². The highest BCUT2D eigenvalue weighted by atomic mass is 14.6. The highest BCUT2D eigenvalue weighted by Gasteiger charge is 2.55. The van der Waals surface area contributed by atoms with Crippen LogP contribution in [0.25, 0.3) is 0 Å². The third kappa shape index (κ3) is 1.56. The van der Waals surface area contributed by atoms with Gasteiger partial charge in [-0.25, -0.2) is 0 Å². The lowest BCUT2D eigenvalue weighted by molar-refractivity contribution is 0.349. The lowest BCUT2D eigenvalue weighted by Crippen LogP contribution is -2.26. The van der Waals surface area contributed by atoms with E-state index in [4.69, 9.17) is 2.74 Å². The molecule has 2 aliphatic carbocycles. The topological polar surface area (TPSA) is 0 Å². The van der Waals surface area contributed by atoms with Gasteiger partial charge in [0, 0.05) is 5.41 Å². The van der Waals surface area contributed by atoms with Crippen LogP contribution >= 0.6 is 0 Å². The Bertz CT molecular complexity index is 745. The predicted octanol–water partition coefficient (Wildman–Crippen LogP) is 5.34. The molecule has 0 saturated heterocycles. The summed E-state index contributed by atoms with van der Waals surface area (Å²) in [6.45, 7) is 9.24. The van der Waals surface area contributed by atoms with E-state index in [9.17, 15) is 0 Å². The molecule has 0 unspecified atom stereocenters. The summed E-state index contributed by atoms with van der Waals surface area (Å²) in [6.07, 6.45) is 2.18. The van der Waals surface area contributed by atoms with Crippen molar-refractivity contribution in [2.24, 2.45) is 0 Å². The lowest BCUT2D eigenvalue weighted by atomic mass is 9.72. The molecule has 0 atom stereocenters. The van der Waals surface area contributed by atoms with Crippen molar-refractivity contribution >= 4 is 0 Å². The molecule has 0 fully saturated rings. The van der Waals surface area contributed by atoms with E-state index in [0.29, 0.717) is 12.1 Å². The lowest BCUT2D eigenvalue weighted by Gasteiger charge is -2.30. The molecule has 0 amide bonds. The van der Waals surface area contributed by atoms with Crippen LogP contribution < -0.4 is 0 Å². The van der Waals surface area contributed by atoms with Crippen molar-refractivity contribution in [3.63, 3.8) is 0 Å². The van der Waals surface area contributed by atoms with E-state index in [1.54, 1.807) is 0 Å². The first-order valence-electron chi connectivity index (χ1n) is 8.89. The van der Waals surface area contributed by atoms with Gasteiger partial charge in [0.25, 0.3) is 0 Å². The van der Waals surface area contributed by atoms with Gasteiger partial charge in [0.15, 0.2) is 0 Å². The molecular weight excluding hydrogens is 252 g/mol. The molecule has 0 bridgehead atoms. The van der Waals surface area contributed by atoms with E-state index in [1.807, 2.05) is 12.1 Å². The zero-order valence-electron chi connectivity index (χ0n) is 15.4. The Balaban J connectivity index is 2.03. The van der Waals surface area contributed by atoms with Crippen molar-refractivity contribution in [1.29, 1.82) is 0 Å². The summed E-state index contributed by atoms with van der Waals surface area (Å²) in [6, 6.07) is 13.6. The fraction of sp³-hybridized carbons (Fsp3) is 0.429. The van der Waals surface area contributed by atoms with E-state index in [1.165, 1.54) is 22.3 Å². The van der Waals surface area contributed by atoms with Gasteiger partial charge in [-0.1, -0.05) is 76.2 Å². The van der Waals surface area contributed by atoms with Gasteiger partial charge in [0.05, 0.1) is 2.74 Å². The van der Waals surface area contributed by atoms with Gasteiger partial charge in [0.1, 0.15) is 0 Å². The van der Waals surface area contributed by atoms with Crippen LogP contribution in [0.15, 0.2) is 48.5 Å². The maximum Gasteiger partial charge on any atom is 0.0623 e. The first kappa shape index (κ1) is 11.1. The maximum absolute atomic E-state index is 8.03. The molecule has 0 nitrogen and oxygen atoms in total. The van der Waals surface area contributed by atoms with E-state index >= 15 is 0 Å². The Morgan fingerprint density at radius 1 is 0.714 bits per heavy atom. The van der Waals surface area contributed by atoms with Crippen LogP contribution in [0.3, 0.4) is 0 Å². The summed E-state index contributed by atoms with van der Waals surface area (Å²) in [7, 11) is 0. The quantitative estimate of drug-likeness (QED) is 0.610. The van der Waals surface area contributed by atoms with Crippen molar-refractivity contribution in [3.8, 4) is 0 Å². The van der Waals surface area contributed by atoms with Crippen LogP contribution in [0.4, 0.5) is 0 Å². The normalized spacial score (nSPS) is 24.4. The highest BCUT2D eigenvalue weighted by molar-refractivity contribution is 5.59. The molecule has 0 N–H and O–H groups in total. The van der Waals surface area contributed by atoms with Crippen molar-refractivity contribution < 1.29 is 2.74 Å². The number of hydrogen-bond donors (Lipinski definition) is 0. The average Bonchev–Trinajstić information content (AvgIpc) is 2.79. The average molecular weight is 278 g/mol. The van der Waals surface area contributed by atoms with E-state index in [-0.39, 0.29) is 16.2 Å². The summed E-state index contributed by atoms with van der Waals surface area (Å²) in [5.41, 5.74) is 5.70. The van der Waals surface area contributed by atoms with E-state index in [0.717, 1.165) is 12.8 Å². The van der Waals surface area contributed by atoms with Crippen molar-refractivity contribution in [1.82, 2.24) is 0 Å². The van der Waals surface area contributed by atoms with Gasteiger partial charge in [-0.15, -0.1) is 0 Å². The second kappa shape index (κ2) is 3.80. The monoisotopic (exact) mass is 278 g/mol.